The fourth-order valence-corrected chi connectivity index (χ4v) is 4.17. The normalized spacial score (nSPS) is 21.9. The maximum atomic E-state index is 12.6. The highest BCUT2D eigenvalue weighted by Crippen LogP contribution is 2.44. The Morgan fingerprint density at radius 3 is 2.36 bits per heavy atom. The molecule has 2 aliphatic rings. The van der Waals surface area contributed by atoms with Gasteiger partial charge in [-0.05, 0) is 42.0 Å². The number of fused-ring (bicyclic) bond motifs is 3. The molecule has 130 valence electrons. The SMILES string of the molecule is C[C@@]1(CO)CCCN1C(=O)OCC1c2ccccc2-c2ccccc21. The van der Waals surface area contributed by atoms with Crippen molar-refractivity contribution in [1.82, 2.24) is 4.90 Å². The number of nitrogens with zero attached hydrogens (tertiary/aromatic N) is 1. The van der Waals surface area contributed by atoms with E-state index in [0.29, 0.717) is 13.2 Å². The molecular formula is C21H23NO3. The first-order chi connectivity index (χ1) is 12.1. The maximum Gasteiger partial charge on any atom is 0.410 e. The van der Waals surface area contributed by atoms with Crippen molar-refractivity contribution < 1.29 is 14.6 Å². The van der Waals surface area contributed by atoms with Crippen LogP contribution in [-0.2, 0) is 4.74 Å². The largest absolute Gasteiger partial charge is 0.448 e. The Balaban J connectivity index is 1.55. The van der Waals surface area contributed by atoms with Crippen LogP contribution in [0.5, 0.6) is 0 Å². The summed E-state index contributed by atoms with van der Waals surface area (Å²) in [7, 11) is 0. The molecular weight excluding hydrogens is 314 g/mol. The lowest BCUT2D eigenvalue weighted by Crippen LogP contribution is -2.48. The summed E-state index contributed by atoms with van der Waals surface area (Å²) < 4.78 is 5.70. The molecule has 1 heterocycles. The average molecular weight is 337 g/mol. The Hall–Kier alpha value is -2.33. The van der Waals surface area contributed by atoms with Gasteiger partial charge < -0.3 is 14.7 Å². The van der Waals surface area contributed by atoms with Gasteiger partial charge in [0.15, 0.2) is 0 Å². The van der Waals surface area contributed by atoms with Crippen molar-refractivity contribution in [2.75, 3.05) is 19.8 Å². The molecule has 2 aromatic carbocycles. The lowest BCUT2D eigenvalue weighted by molar-refractivity contribution is 0.0479. The first-order valence-corrected chi connectivity index (χ1v) is 8.87. The molecule has 0 aromatic heterocycles. The van der Waals surface area contributed by atoms with Crippen molar-refractivity contribution in [1.29, 1.82) is 0 Å². The summed E-state index contributed by atoms with van der Waals surface area (Å²) in [5.74, 6) is 0.0688. The zero-order valence-corrected chi connectivity index (χ0v) is 14.4. The molecule has 0 bridgehead atoms. The Morgan fingerprint density at radius 1 is 1.16 bits per heavy atom. The number of ether oxygens (including phenoxy) is 1. The van der Waals surface area contributed by atoms with E-state index in [1.807, 2.05) is 31.2 Å². The number of hydrogen-bond acceptors (Lipinski definition) is 3. The summed E-state index contributed by atoms with van der Waals surface area (Å²) in [6.45, 7) is 2.86. The molecule has 1 saturated heterocycles. The third-order valence-electron chi connectivity index (χ3n) is 5.65. The summed E-state index contributed by atoms with van der Waals surface area (Å²) in [6, 6.07) is 16.6. The van der Waals surface area contributed by atoms with E-state index in [-0.39, 0.29) is 18.6 Å². The van der Waals surface area contributed by atoms with Crippen LogP contribution in [0.2, 0.25) is 0 Å². The van der Waals surface area contributed by atoms with Crippen molar-refractivity contribution in [3.63, 3.8) is 0 Å². The monoisotopic (exact) mass is 337 g/mol. The molecule has 2 aromatic rings. The van der Waals surface area contributed by atoms with Crippen molar-refractivity contribution in [3.8, 4) is 11.1 Å². The second kappa shape index (κ2) is 6.19. The first-order valence-electron chi connectivity index (χ1n) is 8.87. The van der Waals surface area contributed by atoms with E-state index in [4.69, 9.17) is 4.74 Å². The molecule has 4 nitrogen and oxygen atoms in total. The highest BCUT2D eigenvalue weighted by atomic mass is 16.6. The molecule has 1 atom stereocenters. The topological polar surface area (TPSA) is 49.8 Å². The zero-order chi connectivity index (χ0) is 17.4. The van der Waals surface area contributed by atoms with Gasteiger partial charge in [0.05, 0.1) is 12.1 Å². The number of carbonyl (C=O) groups is 1. The molecule has 0 spiro atoms. The van der Waals surface area contributed by atoms with Crippen molar-refractivity contribution >= 4 is 6.09 Å². The Labute approximate surface area is 148 Å². The molecule has 1 aliphatic heterocycles. The highest BCUT2D eigenvalue weighted by Gasteiger charge is 2.40. The van der Waals surface area contributed by atoms with E-state index in [1.54, 1.807) is 4.90 Å². The Morgan fingerprint density at radius 2 is 1.76 bits per heavy atom. The summed E-state index contributed by atoms with van der Waals surface area (Å²) >= 11 is 0. The van der Waals surface area contributed by atoms with Crippen LogP contribution in [0.15, 0.2) is 48.5 Å². The fraction of sp³-hybridized carbons (Fsp3) is 0.381. The van der Waals surface area contributed by atoms with E-state index in [1.165, 1.54) is 22.3 Å². The number of rotatable bonds is 3. The zero-order valence-electron chi connectivity index (χ0n) is 14.4. The van der Waals surface area contributed by atoms with Crippen LogP contribution in [-0.4, -0.2) is 41.4 Å². The van der Waals surface area contributed by atoms with Crippen LogP contribution in [0.1, 0.15) is 36.8 Å². The lowest BCUT2D eigenvalue weighted by atomic mass is 9.98. The molecule has 0 radical (unpaired) electrons. The van der Waals surface area contributed by atoms with Gasteiger partial charge in [-0.2, -0.15) is 0 Å². The van der Waals surface area contributed by atoms with Crippen LogP contribution in [0.3, 0.4) is 0 Å². The average Bonchev–Trinajstić information content (AvgIpc) is 3.19. The van der Waals surface area contributed by atoms with E-state index in [9.17, 15) is 9.90 Å². The fourth-order valence-electron chi connectivity index (χ4n) is 4.17. The molecule has 25 heavy (non-hydrogen) atoms. The Kier molecular flexibility index (Phi) is 4.00. The smallest absolute Gasteiger partial charge is 0.410 e. The Bertz CT molecular complexity index is 758. The maximum absolute atomic E-state index is 12.6. The molecule has 1 amide bonds. The van der Waals surface area contributed by atoms with E-state index >= 15 is 0 Å². The van der Waals surface area contributed by atoms with Crippen LogP contribution >= 0.6 is 0 Å². The molecule has 1 aliphatic carbocycles. The molecule has 1 N–H and O–H groups in total. The van der Waals surface area contributed by atoms with Crippen molar-refractivity contribution in [2.45, 2.75) is 31.2 Å². The van der Waals surface area contributed by atoms with Gasteiger partial charge in [0.1, 0.15) is 6.61 Å². The first kappa shape index (κ1) is 16.2. The minimum Gasteiger partial charge on any atom is -0.448 e. The molecule has 0 saturated carbocycles. The van der Waals surface area contributed by atoms with Crippen LogP contribution in [0, 0.1) is 0 Å². The minimum atomic E-state index is -0.497. The number of hydrogen-bond donors (Lipinski definition) is 1. The number of aliphatic hydroxyl groups is 1. The van der Waals surface area contributed by atoms with Crippen molar-refractivity contribution in [2.24, 2.45) is 0 Å². The van der Waals surface area contributed by atoms with Crippen LogP contribution in [0.25, 0.3) is 11.1 Å². The number of likely N-dealkylation sites (tertiary alicyclic amines) is 1. The number of benzene rings is 2. The minimum absolute atomic E-state index is 0.0306. The quantitative estimate of drug-likeness (QED) is 0.927. The summed E-state index contributed by atoms with van der Waals surface area (Å²) in [4.78, 5) is 14.3. The second-order valence-corrected chi connectivity index (χ2v) is 7.21. The highest BCUT2D eigenvalue weighted by molar-refractivity contribution is 5.79. The van der Waals surface area contributed by atoms with Crippen LogP contribution in [0.4, 0.5) is 4.79 Å². The molecule has 4 rings (SSSR count). The summed E-state index contributed by atoms with van der Waals surface area (Å²) in [5.41, 5.74) is 4.37. The third kappa shape index (κ3) is 2.61. The van der Waals surface area contributed by atoms with Crippen molar-refractivity contribution in [3.05, 3.63) is 59.7 Å². The molecule has 4 heteroatoms. The predicted octanol–water partition coefficient (Wildman–Crippen LogP) is 3.78. The van der Waals surface area contributed by atoms with Gasteiger partial charge in [0.25, 0.3) is 0 Å². The second-order valence-electron chi connectivity index (χ2n) is 7.21. The number of carbonyl (C=O) groups excluding carboxylic acids is 1. The van der Waals surface area contributed by atoms with Gasteiger partial charge in [-0.25, -0.2) is 4.79 Å². The molecule has 1 fully saturated rings. The van der Waals surface area contributed by atoms with Gasteiger partial charge in [-0.15, -0.1) is 0 Å². The number of aliphatic hydroxyl groups excluding tert-OH is 1. The van der Waals surface area contributed by atoms with E-state index in [0.717, 1.165) is 12.8 Å². The van der Waals surface area contributed by atoms with Gasteiger partial charge in [-0.1, -0.05) is 48.5 Å². The van der Waals surface area contributed by atoms with Crippen LogP contribution < -0.4 is 0 Å². The predicted molar refractivity (Wildman–Crippen MR) is 96.5 cm³/mol. The summed E-state index contributed by atoms with van der Waals surface area (Å²) in [6.07, 6.45) is 1.39. The lowest BCUT2D eigenvalue weighted by Gasteiger charge is -2.33. The van der Waals surface area contributed by atoms with Gasteiger partial charge in [0, 0.05) is 12.5 Å². The standard InChI is InChI=1S/C21H23NO3/c1-21(14-23)11-6-12-22(21)20(24)25-13-19-17-9-4-2-7-15(17)16-8-3-5-10-18(16)19/h2-5,7-10,19,23H,6,11-14H2,1H3/t21-/m0/s1. The molecule has 0 unspecified atom stereocenters. The number of amides is 1. The van der Waals surface area contributed by atoms with Gasteiger partial charge in [-0.3, -0.25) is 0 Å². The van der Waals surface area contributed by atoms with E-state index < -0.39 is 5.54 Å². The van der Waals surface area contributed by atoms with Gasteiger partial charge in [0.2, 0.25) is 0 Å². The van der Waals surface area contributed by atoms with E-state index in [2.05, 4.69) is 24.3 Å². The van der Waals surface area contributed by atoms with Gasteiger partial charge >= 0.3 is 6.09 Å². The summed E-state index contributed by atoms with van der Waals surface area (Å²) in [5, 5.41) is 9.64. The third-order valence-corrected chi connectivity index (χ3v) is 5.65.